The summed E-state index contributed by atoms with van der Waals surface area (Å²) < 4.78 is 32.3. The van der Waals surface area contributed by atoms with Gasteiger partial charge in [0.1, 0.15) is 11.8 Å². The van der Waals surface area contributed by atoms with Crippen LogP contribution in [0.15, 0.2) is 78.9 Å². The highest BCUT2D eigenvalue weighted by Gasteiger charge is 2.32. The normalized spacial score (nSPS) is 14.2. The molecular weight excluding hydrogens is 574 g/mol. The largest absolute Gasteiger partial charge is 0.494 e. The Morgan fingerprint density at radius 3 is 2.25 bits per heavy atom. The van der Waals surface area contributed by atoms with Gasteiger partial charge in [0, 0.05) is 32.0 Å². The van der Waals surface area contributed by atoms with Gasteiger partial charge in [-0.05, 0) is 74.1 Å². The standard InChI is InChI=1S/C35H45N3O5S/c1-4-43-32-22-20-31(21-23-32)38(44(3,41)42)24-12-19-34(39)37(26-29-16-9-8-13-27(29)2)33(25-28-14-6-5-7-15-28)35(40)36-30-17-10-11-18-30/h5-9,13-16,20-23,30,33H,4,10-12,17-19,24-26H2,1-3H3,(H,36,40)/t33-/m0/s1. The van der Waals surface area contributed by atoms with Gasteiger partial charge in [-0.25, -0.2) is 8.42 Å². The van der Waals surface area contributed by atoms with Gasteiger partial charge in [-0.1, -0.05) is 67.4 Å². The Morgan fingerprint density at radius 2 is 1.61 bits per heavy atom. The molecule has 9 heteroatoms. The van der Waals surface area contributed by atoms with Crippen molar-refractivity contribution < 1.29 is 22.7 Å². The molecular formula is C35H45N3O5S. The van der Waals surface area contributed by atoms with E-state index in [0.717, 1.165) is 42.4 Å². The molecule has 8 nitrogen and oxygen atoms in total. The van der Waals surface area contributed by atoms with E-state index in [1.165, 1.54) is 10.6 Å². The summed E-state index contributed by atoms with van der Waals surface area (Å²) in [4.78, 5) is 29.7. The summed E-state index contributed by atoms with van der Waals surface area (Å²) in [7, 11) is -3.60. The molecule has 2 amide bonds. The fourth-order valence-corrected chi connectivity index (χ4v) is 6.74. The van der Waals surface area contributed by atoms with Crippen LogP contribution in [0.3, 0.4) is 0 Å². The lowest BCUT2D eigenvalue weighted by Crippen LogP contribution is -2.52. The van der Waals surface area contributed by atoms with Crippen LogP contribution in [0.25, 0.3) is 0 Å². The van der Waals surface area contributed by atoms with Gasteiger partial charge in [-0.3, -0.25) is 13.9 Å². The first kappa shape index (κ1) is 33.1. The SMILES string of the molecule is CCOc1ccc(N(CCCC(=O)N(Cc2ccccc2C)[C@@H](Cc2ccccc2)C(=O)NC2CCCC2)S(C)(=O)=O)cc1. The monoisotopic (exact) mass is 619 g/mol. The number of carbonyl (C=O) groups is 2. The summed E-state index contributed by atoms with van der Waals surface area (Å²) in [5.41, 5.74) is 3.50. The van der Waals surface area contributed by atoms with E-state index in [9.17, 15) is 18.0 Å². The summed E-state index contributed by atoms with van der Waals surface area (Å²) in [6, 6.07) is 24.0. The van der Waals surface area contributed by atoms with Crippen LogP contribution < -0.4 is 14.4 Å². The Balaban J connectivity index is 1.57. The highest BCUT2D eigenvalue weighted by molar-refractivity contribution is 7.92. The Labute approximate surface area is 262 Å². The van der Waals surface area contributed by atoms with Gasteiger partial charge in [0.15, 0.2) is 0 Å². The first-order valence-electron chi connectivity index (χ1n) is 15.5. The summed E-state index contributed by atoms with van der Waals surface area (Å²) in [5, 5.41) is 3.23. The zero-order valence-corrected chi connectivity index (χ0v) is 26.9. The number of rotatable bonds is 15. The third kappa shape index (κ3) is 9.32. The second-order valence-corrected chi connectivity index (χ2v) is 13.4. The van der Waals surface area contributed by atoms with Crippen LogP contribution >= 0.6 is 0 Å². The molecule has 3 aromatic carbocycles. The molecule has 1 aliphatic carbocycles. The number of hydrogen-bond donors (Lipinski definition) is 1. The van der Waals surface area contributed by atoms with Crippen LogP contribution in [-0.4, -0.2) is 56.6 Å². The molecule has 0 aromatic heterocycles. The van der Waals surface area contributed by atoms with E-state index in [2.05, 4.69) is 5.32 Å². The number of carbonyl (C=O) groups excluding carboxylic acids is 2. The van der Waals surface area contributed by atoms with Crippen LogP contribution in [0, 0.1) is 6.92 Å². The summed E-state index contributed by atoms with van der Waals surface area (Å²) in [6.07, 6.45) is 6.02. The van der Waals surface area contributed by atoms with E-state index < -0.39 is 16.1 Å². The molecule has 0 unspecified atom stereocenters. The van der Waals surface area contributed by atoms with Gasteiger partial charge < -0.3 is 15.0 Å². The predicted octanol–water partition coefficient (Wildman–Crippen LogP) is 5.64. The van der Waals surface area contributed by atoms with Crippen molar-refractivity contribution in [3.05, 3.63) is 95.6 Å². The molecule has 1 saturated carbocycles. The molecule has 1 atom stereocenters. The third-order valence-corrected chi connectivity index (χ3v) is 9.36. The minimum atomic E-state index is -3.60. The second kappa shape index (κ2) is 15.7. The fraction of sp³-hybridized carbons (Fsp3) is 0.429. The van der Waals surface area contributed by atoms with Crippen molar-refractivity contribution in [1.82, 2.24) is 10.2 Å². The zero-order chi connectivity index (χ0) is 31.5. The molecule has 3 aromatic rings. The maximum atomic E-state index is 14.1. The topological polar surface area (TPSA) is 96.0 Å². The lowest BCUT2D eigenvalue weighted by Gasteiger charge is -2.33. The molecule has 1 fully saturated rings. The highest BCUT2D eigenvalue weighted by Crippen LogP contribution is 2.24. The van der Waals surface area contributed by atoms with E-state index in [-0.39, 0.29) is 37.4 Å². The number of amides is 2. The third-order valence-electron chi connectivity index (χ3n) is 8.16. The lowest BCUT2D eigenvalue weighted by atomic mass is 10.0. The summed E-state index contributed by atoms with van der Waals surface area (Å²) in [6.45, 7) is 4.83. The van der Waals surface area contributed by atoms with Crippen molar-refractivity contribution in [3.63, 3.8) is 0 Å². The van der Waals surface area contributed by atoms with Crippen molar-refractivity contribution in [2.24, 2.45) is 0 Å². The first-order chi connectivity index (χ1) is 21.2. The fourth-order valence-electron chi connectivity index (χ4n) is 5.77. The number of aryl methyl sites for hydroxylation is 1. The van der Waals surface area contributed by atoms with E-state index in [4.69, 9.17) is 4.74 Å². The molecule has 0 saturated heterocycles. The molecule has 0 aliphatic heterocycles. The molecule has 0 radical (unpaired) electrons. The average molecular weight is 620 g/mol. The molecule has 4 rings (SSSR count). The quantitative estimate of drug-likeness (QED) is 0.238. The Hall–Kier alpha value is -3.85. The van der Waals surface area contributed by atoms with E-state index in [1.807, 2.05) is 68.4 Å². The Morgan fingerprint density at radius 1 is 0.955 bits per heavy atom. The molecule has 1 N–H and O–H groups in total. The molecule has 0 heterocycles. The van der Waals surface area contributed by atoms with Gasteiger partial charge in [0.2, 0.25) is 21.8 Å². The van der Waals surface area contributed by atoms with Gasteiger partial charge in [-0.2, -0.15) is 0 Å². The molecule has 0 spiro atoms. The minimum absolute atomic E-state index is 0.0942. The van der Waals surface area contributed by atoms with Crippen molar-refractivity contribution in [2.45, 2.75) is 77.4 Å². The van der Waals surface area contributed by atoms with Crippen LogP contribution in [0.2, 0.25) is 0 Å². The molecule has 236 valence electrons. The number of nitrogens with one attached hydrogen (secondary N) is 1. The molecule has 44 heavy (non-hydrogen) atoms. The number of ether oxygens (including phenoxy) is 1. The predicted molar refractivity (Wildman–Crippen MR) is 175 cm³/mol. The number of anilines is 1. The number of sulfonamides is 1. The summed E-state index contributed by atoms with van der Waals surface area (Å²) in [5.74, 6) is 0.331. The van der Waals surface area contributed by atoms with Crippen molar-refractivity contribution in [3.8, 4) is 5.75 Å². The average Bonchev–Trinajstić information content (AvgIpc) is 3.51. The van der Waals surface area contributed by atoms with Crippen LogP contribution in [0.4, 0.5) is 5.69 Å². The maximum Gasteiger partial charge on any atom is 0.243 e. The van der Waals surface area contributed by atoms with Gasteiger partial charge in [0.25, 0.3) is 0 Å². The minimum Gasteiger partial charge on any atom is -0.494 e. The number of benzene rings is 3. The van der Waals surface area contributed by atoms with E-state index in [1.54, 1.807) is 29.2 Å². The lowest BCUT2D eigenvalue weighted by molar-refractivity contribution is -0.141. The second-order valence-electron chi connectivity index (χ2n) is 11.5. The van der Waals surface area contributed by atoms with Crippen molar-refractivity contribution in [1.29, 1.82) is 0 Å². The van der Waals surface area contributed by atoms with Crippen LogP contribution in [0.5, 0.6) is 5.75 Å². The van der Waals surface area contributed by atoms with Gasteiger partial charge in [0.05, 0.1) is 18.6 Å². The van der Waals surface area contributed by atoms with Gasteiger partial charge in [-0.15, -0.1) is 0 Å². The Bertz CT molecular complexity index is 1470. The van der Waals surface area contributed by atoms with E-state index in [0.29, 0.717) is 30.9 Å². The number of hydrogen-bond acceptors (Lipinski definition) is 5. The van der Waals surface area contributed by atoms with Crippen molar-refractivity contribution >= 4 is 27.5 Å². The highest BCUT2D eigenvalue weighted by atomic mass is 32.2. The number of nitrogens with zero attached hydrogens (tertiary/aromatic N) is 2. The van der Waals surface area contributed by atoms with Crippen LogP contribution in [0.1, 0.15) is 62.1 Å². The zero-order valence-electron chi connectivity index (χ0n) is 26.1. The first-order valence-corrected chi connectivity index (χ1v) is 17.4. The molecule has 0 bridgehead atoms. The maximum absolute atomic E-state index is 14.1. The van der Waals surface area contributed by atoms with Crippen LogP contribution in [-0.2, 0) is 32.6 Å². The summed E-state index contributed by atoms with van der Waals surface area (Å²) >= 11 is 0. The smallest absolute Gasteiger partial charge is 0.243 e. The Kier molecular flexibility index (Phi) is 11.8. The van der Waals surface area contributed by atoms with E-state index >= 15 is 0 Å². The van der Waals surface area contributed by atoms with Crippen molar-refractivity contribution in [2.75, 3.05) is 23.7 Å². The molecule has 1 aliphatic rings. The van der Waals surface area contributed by atoms with Gasteiger partial charge >= 0.3 is 0 Å².